The number of amides is 4. The van der Waals surface area contributed by atoms with Crippen LogP contribution >= 0.6 is 23.6 Å². The molecule has 2 saturated heterocycles. The van der Waals surface area contributed by atoms with E-state index >= 15 is 0 Å². The van der Waals surface area contributed by atoms with Crippen LogP contribution < -0.4 is 25.2 Å². The number of carbonyl (C=O) groups excluding carboxylic acids is 4. The molecule has 6 rings (SSSR count). The fraction of sp³-hybridized carbons (Fsp3) is 0.460. The molecule has 15 nitrogen and oxygen atoms in total. The molecule has 4 amide bonds. The maximum atomic E-state index is 13.9. The van der Waals surface area contributed by atoms with Crippen molar-refractivity contribution in [2.75, 3.05) is 49.4 Å². The lowest BCUT2D eigenvalue weighted by Gasteiger charge is -2.35. The minimum Gasteiger partial charge on any atom is -0.494 e. The van der Waals surface area contributed by atoms with E-state index in [1.54, 1.807) is 65.9 Å². The summed E-state index contributed by atoms with van der Waals surface area (Å²) in [4.78, 5) is 63.2. The number of aromatic nitrogens is 1. The van der Waals surface area contributed by atoms with Crippen LogP contribution in [0, 0.1) is 23.7 Å². The average Bonchev–Trinajstić information content (AvgIpc) is 3.98. The Bertz CT molecular complexity index is 2560. The zero-order chi connectivity index (χ0) is 51.0. The lowest BCUT2D eigenvalue weighted by Crippen LogP contribution is -2.58. The van der Waals surface area contributed by atoms with Crippen LogP contribution in [0.5, 0.6) is 5.75 Å². The second-order valence-corrected chi connectivity index (χ2v) is 19.9. The minimum absolute atomic E-state index is 0.00684. The summed E-state index contributed by atoms with van der Waals surface area (Å²) < 4.78 is 58.3. The molecule has 2 fully saturated rings. The number of rotatable bonds is 20. The number of hydrogen-bond acceptors (Lipinski definition) is 12. The molecular weight excluding hydrogens is 948 g/mol. The van der Waals surface area contributed by atoms with Crippen molar-refractivity contribution in [2.24, 2.45) is 5.41 Å². The van der Waals surface area contributed by atoms with Gasteiger partial charge in [-0.2, -0.15) is 18.4 Å². The maximum absolute atomic E-state index is 13.9. The number of likely N-dealkylation sites (tertiary alicyclic amines) is 1. The molecule has 0 aliphatic carbocycles. The van der Waals surface area contributed by atoms with Crippen molar-refractivity contribution in [1.29, 1.82) is 5.26 Å². The summed E-state index contributed by atoms with van der Waals surface area (Å²) in [7, 11) is 0. The summed E-state index contributed by atoms with van der Waals surface area (Å²) in [5, 5.41) is 25.4. The van der Waals surface area contributed by atoms with Gasteiger partial charge < -0.3 is 39.8 Å². The van der Waals surface area contributed by atoms with Crippen molar-refractivity contribution in [1.82, 2.24) is 20.5 Å². The average molecular weight is 1010 g/mol. The first-order valence-electron chi connectivity index (χ1n) is 22.8. The molecule has 0 saturated carbocycles. The van der Waals surface area contributed by atoms with Crippen molar-refractivity contribution in [3.63, 3.8) is 0 Å². The Morgan fingerprint density at radius 2 is 1.63 bits per heavy atom. The van der Waals surface area contributed by atoms with Gasteiger partial charge in [-0.3, -0.25) is 24.1 Å². The van der Waals surface area contributed by atoms with Gasteiger partial charge in [0.25, 0.3) is 5.91 Å². The zero-order valence-electron chi connectivity index (χ0n) is 39.9. The van der Waals surface area contributed by atoms with Gasteiger partial charge in [-0.05, 0) is 111 Å². The Hall–Kier alpha value is -5.98. The molecule has 0 radical (unpaired) electrons. The molecule has 0 bridgehead atoms. The standard InChI is InChI=1S/C50H58F3N7O8S2/c1-31-42(70-30-56-31)33-12-10-32(11-13-33)27-55-44(63)40-25-37(61)28-58(40)45(64)43(48(2,3)4)57-41(62)29-67-22-9-21-66-20-7-8-23-68-38-18-16-35(17-19-38)60-47(69)59(46(65)49(60,5)6)36-15-14-34(26-54)39(24-36)50(51,52)53/h10-19,24,30,37,40,43,61H,7-9,20-23,25,27-29H2,1-6H3,(H,55,63)(H,57,62)/t37-,40+,43-/m1/s1. The number of aliphatic hydroxyl groups excluding tert-OH is 1. The molecule has 1 aromatic heterocycles. The molecule has 0 spiro atoms. The number of aliphatic hydroxyl groups is 1. The second kappa shape index (κ2) is 22.8. The highest BCUT2D eigenvalue weighted by atomic mass is 32.1. The lowest BCUT2D eigenvalue weighted by molar-refractivity contribution is -0.144. The summed E-state index contributed by atoms with van der Waals surface area (Å²) >= 11 is 7.18. The van der Waals surface area contributed by atoms with Gasteiger partial charge in [-0.25, -0.2) is 4.98 Å². The third kappa shape index (κ3) is 12.9. The van der Waals surface area contributed by atoms with Crippen LogP contribution in [0.25, 0.3) is 10.4 Å². The Morgan fingerprint density at radius 1 is 0.971 bits per heavy atom. The molecule has 3 N–H and O–H groups in total. The zero-order valence-corrected chi connectivity index (χ0v) is 41.6. The number of thiazole rings is 1. The van der Waals surface area contributed by atoms with E-state index in [0.29, 0.717) is 50.5 Å². The van der Waals surface area contributed by atoms with E-state index in [1.165, 1.54) is 11.0 Å². The Morgan fingerprint density at radius 3 is 2.27 bits per heavy atom. The van der Waals surface area contributed by atoms with Crippen LogP contribution in [0.2, 0.25) is 0 Å². The lowest BCUT2D eigenvalue weighted by atomic mass is 9.85. The fourth-order valence-electron chi connectivity index (χ4n) is 8.16. The smallest absolute Gasteiger partial charge is 0.417 e. The summed E-state index contributed by atoms with van der Waals surface area (Å²) in [5.41, 5.74) is 1.46. The van der Waals surface area contributed by atoms with E-state index in [4.69, 9.17) is 26.4 Å². The van der Waals surface area contributed by atoms with Crippen LogP contribution in [0.4, 0.5) is 24.5 Å². The van der Waals surface area contributed by atoms with Crippen LogP contribution in [0.3, 0.4) is 0 Å². The summed E-state index contributed by atoms with van der Waals surface area (Å²) in [6, 6.07) is 17.4. The number of halogens is 3. The first-order chi connectivity index (χ1) is 33.1. The van der Waals surface area contributed by atoms with Crippen LogP contribution in [0.15, 0.2) is 72.2 Å². The van der Waals surface area contributed by atoms with Crippen LogP contribution in [-0.2, 0) is 41.4 Å². The SMILES string of the molecule is Cc1ncsc1-c1ccc(CNC(=O)[C@@H]2C[C@@H](O)CN2C(=O)[C@@H](NC(=O)COCCCOCCCCOc2ccc(N3C(=S)N(c4ccc(C#N)c(C(F)(F)F)c4)C(=O)C3(C)C)cc2)C(C)(C)C)cc1. The monoisotopic (exact) mass is 1010 g/mol. The van der Waals surface area contributed by atoms with Crippen LogP contribution in [0.1, 0.15) is 82.7 Å². The maximum Gasteiger partial charge on any atom is 0.417 e. The molecule has 374 valence electrons. The van der Waals surface area contributed by atoms with Crippen molar-refractivity contribution < 1.29 is 51.7 Å². The van der Waals surface area contributed by atoms with Gasteiger partial charge >= 0.3 is 6.18 Å². The first kappa shape index (κ1) is 53.4. The highest BCUT2D eigenvalue weighted by Gasteiger charge is 2.51. The highest BCUT2D eigenvalue weighted by molar-refractivity contribution is 7.81. The molecule has 3 aromatic carbocycles. The number of alkyl halides is 3. The third-order valence-corrected chi connectivity index (χ3v) is 13.3. The number of nitriles is 1. The van der Waals surface area contributed by atoms with Crippen molar-refractivity contribution in [2.45, 2.75) is 104 Å². The number of β-amino-alcohol motifs (C(OH)–C–C–N with tert-alkyl or cyclic N) is 1. The third-order valence-electron chi connectivity index (χ3n) is 11.9. The Kier molecular flexibility index (Phi) is 17.4. The summed E-state index contributed by atoms with van der Waals surface area (Å²) in [6.07, 6.45) is -3.69. The molecular formula is C50H58F3N7O8S2. The molecule has 4 aromatic rings. The fourth-order valence-corrected chi connectivity index (χ4v) is 9.49. The number of benzene rings is 3. The molecule has 70 heavy (non-hydrogen) atoms. The minimum atomic E-state index is -4.80. The topological polar surface area (TPSA) is 187 Å². The molecule has 3 heterocycles. The number of anilines is 2. The normalized spacial score (nSPS) is 17.4. The predicted octanol–water partition coefficient (Wildman–Crippen LogP) is 7.32. The van der Waals surface area contributed by atoms with Gasteiger partial charge in [0.15, 0.2) is 5.11 Å². The van der Waals surface area contributed by atoms with E-state index < -0.39 is 64.2 Å². The van der Waals surface area contributed by atoms with E-state index in [-0.39, 0.29) is 49.4 Å². The van der Waals surface area contributed by atoms with E-state index in [1.807, 2.05) is 52.0 Å². The second-order valence-electron chi connectivity index (χ2n) is 18.7. The molecule has 2 aliphatic heterocycles. The van der Waals surface area contributed by atoms with E-state index in [0.717, 1.165) is 38.7 Å². The van der Waals surface area contributed by atoms with Gasteiger partial charge in [0, 0.05) is 45.0 Å². The van der Waals surface area contributed by atoms with Gasteiger partial charge in [0.2, 0.25) is 17.7 Å². The number of aryl methyl sites for hydroxylation is 1. The van der Waals surface area contributed by atoms with Gasteiger partial charge in [-0.15, -0.1) is 11.3 Å². The molecule has 0 unspecified atom stereocenters. The Balaban J connectivity index is 0.867. The van der Waals surface area contributed by atoms with E-state index in [2.05, 4.69) is 15.6 Å². The first-order valence-corrected chi connectivity index (χ1v) is 24.1. The number of thiocarbonyl (C=S) groups is 1. The number of carbonyl (C=O) groups is 4. The molecule has 2 aliphatic rings. The number of ether oxygens (including phenoxy) is 3. The Labute approximate surface area is 414 Å². The molecule has 20 heteroatoms. The van der Waals surface area contributed by atoms with Crippen LogP contribution in [-0.4, -0.2) is 107 Å². The van der Waals surface area contributed by atoms with Gasteiger partial charge in [-0.1, -0.05) is 45.0 Å². The molecule has 3 atom stereocenters. The highest BCUT2D eigenvalue weighted by Crippen LogP contribution is 2.40. The largest absolute Gasteiger partial charge is 0.494 e. The number of nitrogens with one attached hydrogen (secondary N) is 2. The summed E-state index contributed by atoms with van der Waals surface area (Å²) in [6.45, 7) is 12.1. The van der Waals surface area contributed by atoms with E-state index in [9.17, 15) is 42.7 Å². The number of unbranched alkanes of at least 4 members (excludes halogenated alkanes) is 1. The predicted molar refractivity (Wildman–Crippen MR) is 262 cm³/mol. The quantitative estimate of drug-likeness (QED) is 0.0593. The van der Waals surface area contributed by atoms with Gasteiger partial charge in [0.1, 0.15) is 30.0 Å². The number of nitrogens with zero attached hydrogens (tertiary/aromatic N) is 5. The van der Waals surface area contributed by atoms with Crippen molar-refractivity contribution in [3.05, 3.63) is 94.6 Å². The van der Waals surface area contributed by atoms with Gasteiger partial charge in [0.05, 0.1) is 51.7 Å². The summed E-state index contributed by atoms with van der Waals surface area (Å²) in [5.74, 6) is -1.30. The van der Waals surface area contributed by atoms with Crippen molar-refractivity contribution >= 4 is 63.7 Å². The number of hydrogen-bond donors (Lipinski definition) is 3. The van der Waals surface area contributed by atoms with Crippen molar-refractivity contribution in [3.8, 4) is 22.3 Å².